The van der Waals surface area contributed by atoms with Gasteiger partial charge >= 0.3 is 12.1 Å². The van der Waals surface area contributed by atoms with Crippen LogP contribution in [-0.4, -0.2) is 40.6 Å². The molecular weight excluding hydrogens is 397 g/mol. The van der Waals surface area contributed by atoms with Crippen LogP contribution < -0.4 is 5.32 Å². The number of halogens is 1. The maximum Gasteiger partial charge on any atom is 0.407 e. The largest absolute Gasteiger partial charge is 0.461 e. The van der Waals surface area contributed by atoms with Crippen LogP contribution in [0.1, 0.15) is 43.9 Å². The van der Waals surface area contributed by atoms with E-state index < -0.39 is 17.7 Å². The molecule has 0 fully saturated rings. The number of carbonyl (C=O) groups excluding carboxylic acids is 2. The summed E-state index contributed by atoms with van der Waals surface area (Å²) in [7, 11) is 0. The Morgan fingerprint density at radius 1 is 1.24 bits per heavy atom. The summed E-state index contributed by atoms with van der Waals surface area (Å²) in [5.74, 6) is -0.837. The van der Waals surface area contributed by atoms with Crippen LogP contribution in [0.25, 0.3) is 0 Å². The highest BCUT2D eigenvalue weighted by Crippen LogP contribution is 2.33. The molecule has 0 unspecified atom stereocenters. The molecule has 29 heavy (non-hydrogen) atoms. The summed E-state index contributed by atoms with van der Waals surface area (Å²) in [6.07, 6.45) is -0.542. The highest BCUT2D eigenvalue weighted by molar-refractivity contribution is 7.99. The second-order valence-corrected chi connectivity index (χ2v) is 8.28. The van der Waals surface area contributed by atoms with Gasteiger partial charge in [0.2, 0.25) is 0 Å². The topological polar surface area (TPSA) is 82.5 Å². The van der Waals surface area contributed by atoms with Crippen molar-refractivity contribution in [3.05, 3.63) is 41.5 Å². The number of ether oxygens (including phenoxy) is 2. The Bertz CT molecular complexity index is 860. The normalized spacial score (nSPS) is 11.2. The average Bonchev–Trinajstić information content (AvgIpc) is 2.91. The van der Waals surface area contributed by atoms with E-state index in [4.69, 9.17) is 9.47 Å². The summed E-state index contributed by atoms with van der Waals surface area (Å²) >= 11 is 1.31. The molecule has 0 aliphatic carbocycles. The zero-order chi connectivity index (χ0) is 21.6. The van der Waals surface area contributed by atoms with Crippen molar-refractivity contribution in [1.29, 1.82) is 0 Å². The summed E-state index contributed by atoms with van der Waals surface area (Å²) in [5, 5.41) is 7.08. The summed E-state index contributed by atoms with van der Waals surface area (Å²) < 4.78 is 25.1. The lowest BCUT2D eigenvalue weighted by Gasteiger charge is -2.19. The maximum absolute atomic E-state index is 13.2. The third kappa shape index (κ3) is 6.77. The van der Waals surface area contributed by atoms with Gasteiger partial charge in [-0.2, -0.15) is 5.10 Å². The SMILES string of the molecule is CCOC(=O)c1c(Sc2ccc(F)cc2)c(C)nn1CCNC(=O)OC(C)(C)C. The summed E-state index contributed by atoms with van der Waals surface area (Å²) in [4.78, 5) is 25.8. The number of aromatic nitrogens is 2. The molecule has 2 rings (SSSR count). The minimum Gasteiger partial charge on any atom is -0.461 e. The standard InChI is InChI=1S/C20H26FN3O4S/c1-6-27-18(25)16-17(29-15-9-7-14(21)8-10-15)13(2)23-24(16)12-11-22-19(26)28-20(3,4)5/h7-10H,6,11-12H2,1-5H3,(H,22,26). The number of carbonyl (C=O) groups is 2. The van der Waals surface area contributed by atoms with Gasteiger partial charge in [-0.3, -0.25) is 4.68 Å². The van der Waals surface area contributed by atoms with E-state index in [-0.39, 0.29) is 25.5 Å². The van der Waals surface area contributed by atoms with Crippen LogP contribution in [0.5, 0.6) is 0 Å². The van der Waals surface area contributed by atoms with Gasteiger partial charge in [0.25, 0.3) is 0 Å². The van der Waals surface area contributed by atoms with E-state index in [2.05, 4.69) is 10.4 Å². The molecule has 0 saturated heterocycles. The Morgan fingerprint density at radius 2 is 1.90 bits per heavy atom. The first-order chi connectivity index (χ1) is 13.6. The number of aryl methyl sites for hydroxylation is 1. The van der Waals surface area contributed by atoms with Crippen LogP contribution in [0.15, 0.2) is 34.1 Å². The Balaban J connectivity index is 2.19. The van der Waals surface area contributed by atoms with Gasteiger partial charge in [0.15, 0.2) is 5.69 Å². The number of alkyl carbamates (subject to hydrolysis) is 1. The molecule has 0 aliphatic heterocycles. The first-order valence-corrected chi connectivity index (χ1v) is 10.1. The van der Waals surface area contributed by atoms with E-state index in [1.807, 2.05) is 0 Å². The smallest absolute Gasteiger partial charge is 0.407 e. The molecular formula is C20H26FN3O4S. The average molecular weight is 424 g/mol. The van der Waals surface area contributed by atoms with Crippen LogP contribution in [-0.2, 0) is 16.0 Å². The molecule has 1 amide bonds. The van der Waals surface area contributed by atoms with Crippen LogP contribution in [0, 0.1) is 12.7 Å². The molecule has 1 heterocycles. The minimum atomic E-state index is -0.596. The lowest BCUT2D eigenvalue weighted by Crippen LogP contribution is -2.34. The summed E-state index contributed by atoms with van der Waals surface area (Å²) in [6.45, 7) is 9.56. The fourth-order valence-corrected chi connectivity index (χ4v) is 3.43. The molecule has 1 aromatic carbocycles. The fourth-order valence-electron chi connectivity index (χ4n) is 2.45. The number of nitrogens with zero attached hydrogens (tertiary/aromatic N) is 2. The van der Waals surface area contributed by atoms with Crippen molar-refractivity contribution in [3.63, 3.8) is 0 Å². The molecule has 2 aromatic rings. The highest BCUT2D eigenvalue weighted by atomic mass is 32.2. The van der Waals surface area contributed by atoms with Gasteiger partial charge in [0.1, 0.15) is 11.4 Å². The van der Waals surface area contributed by atoms with E-state index >= 15 is 0 Å². The molecule has 0 bridgehead atoms. The second-order valence-electron chi connectivity index (χ2n) is 7.19. The van der Waals surface area contributed by atoms with Crippen molar-refractivity contribution in [2.45, 2.75) is 56.6 Å². The van der Waals surface area contributed by atoms with Crippen molar-refractivity contribution in [1.82, 2.24) is 15.1 Å². The number of nitrogens with one attached hydrogen (secondary N) is 1. The lowest BCUT2D eigenvalue weighted by atomic mass is 10.2. The first kappa shape index (κ1) is 22.7. The zero-order valence-electron chi connectivity index (χ0n) is 17.2. The number of rotatable bonds is 7. The van der Waals surface area contributed by atoms with Crippen LogP contribution >= 0.6 is 11.8 Å². The van der Waals surface area contributed by atoms with Gasteiger partial charge in [-0.1, -0.05) is 11.8 Å². The summed E-state index contributed by atoms with van der Waals surface area (Å²) in [6, 6.07) is 5.99. The van der Waals surface area contributed by atoms with Gasteiger partial charge in [0, 0.05) is 11.4 Å². The molecule has 0 spiro atoms. The molecule has 158 valence electrons. The third-order valence-corrected chi connectivity index (χ3v) is 4.77. The van der Waals surface area contributed by atoms with Crippen molar-refractivity contribution in [2.24, 2.45) is 0 Å². The number of benzene rings is 1. The fraction of sp³-hybridized carbons (Fsp3) is 0.450. The number of esters is 1. The second kappa shape index (κ2) is 9.78. The van der Waals surface area contributed by atoms with Gasteiger partial charge < -0.3 is 14.8 Å². The molecule has 0 radical (unpaired) electrons. The van der Waals surface area contributed by atoms with Gasteiger partial charge in [0.05, 0.1) is 23.7 Å². The lowest BCUT2D eigenvalue weighted by molar-refractivity contribution is 0.0507. The number of hydrogen-bond acceptors (Lipinski definition) is 6. The zero-order valence-corrected chi connectivity index (χ0v) is 18.1. The molecule has 1 aromatic heterocycles. The van der Waals surface area contributed by atoms with Crippen molar-refractivity contribution >= 4 is 23.8 Å². The number of amides is 1. The van der Waals surface area contributed by atoms with Gasteiger partial charge in [-0.05, 0) is 58.9 Å². The predicted molar refractivity (Wildman–Crippen MR) is 108 cm³/mol. The van der Waals surface area contributed by atoms with Crippen molar-refractivity contribution in [2.75, 3.05) is 13.2 Å². The van der Waals surface area contributed by atoms with Crippen LogP contribution in [0.4, 0.5) is 9.18 Å². The molecule has 9 heteroatoms. The van der Waals surface area contributed by atoms with Gasteiger partial charge in [-0.15, -0.1) is 0 Å². The van der Waals surface area contributed by atoms with E-state index in [9.17, 15) is 14.0 Å². The Morgan fingerprint density at radius 3 is 2.48 bits per heavy atom. The van der Waals surface area contributed by atoms with Gasteiger partial charge in [-0.25, -0.2) is 14.0 Å². The Labute approximate surface area is 173 Å². The molecule has 0 aliphatic rings. The number of hydrogen-bond donors (Lipinski definition) is 1. The molecule has 0 atom stereocenters. The quantitative estimate of drug-likeness (QED) is 0.673. The monoisotopic (exact) mass is 423 g/mol. The van der Waals surface area contributed by atoms with E-state index in [1.54, 1.807) is 46.8 Å². The van der Waals surface area contributed by atoms with E-state index in [0.29, 0.717) is 16.3 Å². The Kier molecular flexibility index (Phi) is 7.66. The maximum atomic E-state index is 13.2. The highest BCUT2D eigenvalue weighted by Gasteiger charge is 2.24. The van der Waals surface area contributed by atoms with Crippen LogP contribution in [0.3, 0.4) is 0 Å². The molecule has 7 nitrogen and oxygen atoms in total. The Hall–Kier alpha value is -2.55. The predicted octanol–water partition coefficient (Wildman–Crippen LogP) is 4.18. The van der Waals surface area contributed by atoms with E-state index in [1.165, 1.54) is 28.6 Å². The van der Waals surface area contributed by atoms with Crippen molar-refractivity contribution < 1.29 is 23.5 Å². The summed E-state index contributed by atoms with van der Waals surface area (Å²) in [5.41, 5.74) is 0.339. The van der Waals surface area contributed by atoms with E-state index in [0.717, 1.165) is 4.90 Å². The minimum absolute atomic E-state index is 0.222. The van der Waals surface area contributed by atoms with Crippen LogP contribution in [0.2, 0.25) is 0 Å². The molecule has 0 saturated carbocycles. The first-order valence-electron chi connectivity index (χ1n) is 9.25. The molecule has 1 N–H and O–H groups in total. The third-order valence-electron chi connectivity index (χ3n) is 3.57. The van der Waals surface area contributed by atoms with Crippen molar-refractivity contribution in [3.8, 4) is 0 Å².